The number of aromatic nitrogens is 2. The van der Waals surface area contributed by atoms with Crippen LogP contribution in [0.1, 0.15) is 28.6 Å². The van der Waals surface area contributed by atoms with Gasteiger partial charge in [-0.2, -0.15) is 4.98 Å². The molecule has 6 rings (SSSR count). The highest BCUT2D eigenvalue weighted by Gasteiger charge is 2.40. The summed E-state index contributed by atoms with van der Waals surface area (Å²) in [4.78, 5) is 38.7. The summed E-state index contributed by atoms with van der Waals surface area (Å²) in [5.74, 6) is 0.414. The van der Waals surface area contributed by atoms with E-state index in [2.05, 4.69) is 9.97 Å². The van der Waals surface area contributed by atoms with Crippen LogP contribution in [0.25, 0.3) is 11.0 Å². The number of carbonyl (C=O) groups is 2. The molecule has 1 aromatic carbocycles. The van der Waals surface area contributed by atoms with Gasteiger partial charge in [0.2, 0.25) is 11.8 Å². The minimum absolute atomic E-state index is 0.0322. The molecule has 3 unspecified atom stereocenters. The van der Waals surface area contributed by atoms with E-state index in [1.165, 1.54) is 12.0 Å². The average Bonchev–Trinajstić information content (AvgIpc) is 3.22. The van der Waals surface area contributed by atoms with Gasteiger partial charge < -0.3 is 23.8 Å². The van der Waals surface area contributed by atoms with Gasteiger partial charge in [-0.15, -0.1) is 0 Å². The lowest BCUT2D eigenvalue weighted by Gasteiger charge is -2.40. The fraction of sp³-hybridized carbons (Fsp3) is 0.385. The first-order valence-electron chi connectivity index (χ1n) is 12.0. The predicted molar refractivity (Wildman–Crippen MR) is 129 cm³/mol. The van der Waals surface area contributed by atoms with Crippen LogP contribution in [0.15, 0.2) is 48.5 Å². The van der Waals surface area contributed by atoms with Crippen molar-refractivity contribution in [2.24, 2.45) is 0 Å². The maximum absolute atomic E-state index is 13.4. The van der Waals surface area contributed by atoms with Crippen molar-refractivity contribution in [2.75, 3.05) is 44.9 Å². The zero-order valence-corrected chi connectivity index (χ0v) is 19.8. The van der Waals surface area contributed by atoms with Crippen molar-refractivity contribution < 1.29 is 28.5 Å². The third kappa shape index (κ3) is 4.06. The number of hydrogen-bond acceptors (Lipinski definition) is 8. The molecule has 0 N–H and O–H groups in total. The highest BCUT2D eigenvalue weighted by molar-refractivity contribution is 6.10. The fourth-order valence-electron chi connectivity index (χ4n) is 5.00. The summed E-state index contributed by atoms with van der Waals surface area (Å²) in [6.45, 7) is 2.00. The molecule has 3 aromatic rings. The van der Waals surface area contributed by atoms with Crippen LogP contribution in [0, 0.1) is 0 Å². The van der Waals surface area contributed by atoms with Crippen LogP contribution in [0.5, 0.6) is 5.88 Å². The molecular formula is C26H26N4O6. The molecule has 5 heterocycles. The average molecular weight is 491 g/mol. The van der Waals surface area contributed by atoms with Crippen LogP contribution in [0.3, 0.4) is 0 Å². The van der Waals surface area contributed by atoms with Crippen molar-refractivity contribution in [2.45, 2.75) is 24.9 Å². The second-order valence-electron chi connectivity index (χ2n) is 8.94. The van der Waals surface area contributed by atoms with E-state index >= 15 is 0 Å². The van der Waals surface area contributed by atoms with Gasteiger partial charge in [0.05, 0.1) is 26.4 Å². The predicted octanol–water partition coefficient (Wildman–Crippen LogP) is 2.33. The summed E-state index contributed by atoms with van der Waals surface area (Å²) in [6, 6.07) is 14.5. The molecule has 2 fully saturated rings. The molecule has 0 radical (unpaired) electrons. The lowest BCUT2D eigenvalue weighted by molar-refractivity contribution is -0.174. The Kier molecular flexibility index (Phi) is 6.00. The molecule has 0 spiro atoms. The highest BCUT2D eigenvalue weighted by atomic mass is 16.6. The number of pyridine rings is 2. The smallest absolute Gasteiger partial charge is 0.262 e. The van der Waals surface area contributed by atoms with Gasteiger partial charge in [-0.05, 0) is 30.7 Å². The maximum atomic E-state index is 13.4. The van der Waals surface area contributed by atoms with E-state index in [9.17, 15) is 9.59 Å². The molecule has 0 saturated carbocycles. The Morgan fingerprint density at radius 1 is 1.06 bits per heavy atom. The summed E-state index contributed by atoms with van der Waals surface area (Å²) < 4.78 is 22.9. The van der Waals surface area contributed by atoms with Crippen LogP contribution in [-0.4, -0.2) is 78.9 Å². The monoisotopic (exact) mass is 490 g/mol. The molecule has 10 heteroatoms. The molecule has 10 nitrogen and oxygen atoms in total. The Labute approximate surface area is 207 Å². The number of likely N-dealkylation sites (tertiary alicyclic amines) is 1. The number of amides is 2. The van der Waals surface area contributed by atoms with Crippen molar-refractivity contribution in [3.05, 3.63) is 59.7 Å². The minimum Gasteiger partial charge on any atom is -0.481 e. The van der Waals surface area contributed by atoms with E-state index in [4.69, 9.17) is 18.9 Å². The van der Waals surface area contributed by atoms with Gasteiger partial charge in [-0.3, -0.25) is 14.5 Å². The number of methoxy groups -OCH3 is 1. The summed E-state index contributed by atoms with van der Waals surface area (Å²) in [5.41, 5.74) is 1.66. The van der Waals surface area contributed by atoms with E-state index in [1.807, 2.05) is 24.3 Å². The van der Waals surface area contributed by atoms with Crippen molar-refractivity contribution in [1.29, 1.82) is 0 Å². The van der Waals surface area contributed by atoms with Crippen molar-refractivity contribution in [3.8, 4) is 5.88 Å². The summed E-state index contributed by atoms with van der Waals surface area (Å²) in [5, 5.41) is 0.814. The number of piperidine rings is 1. The van der Waals surface area contributed by atoms with Gasteiger partial charge in [0.25, 0.3) is 5.91 Å². The standard InChI is InChI=1S/C26H26N4O6/c1-33-22-9-7-16-6-8-21(27-24(16)28-22)30-25(32)17-4-2-3-5-18(17)26(30)36-15-23(31)29-11-10-19-20(14-29)35-13-12-34-19/h2-9,19-20,26H,10-15H2,1H3. The van der Waals surface area contributed by atoms with Crippen LogP contribution < -0.4 is 9.64 Å². The first kappa shape index (κ1) is 22.8. The lowest BCUT2D eigenvalue weighted by atomic mass is 10.0. The number of hydrogen-bond donors (Lipinski definition) is 0. The summed E-state index contributed by atoms with van der Waals surface area (Å²) in [7, 11) is 1.54. The Balaban J connectivity index is 1.24. The summed E-state index contributed by atoms with van der Waals surface area (Å²) >= 11 is 0. The van der Waals surface area contributed by atoms with Crippen LogP contribution in [-0.2, 0) is 19.0 Å². The highest BCUT2D eigenvalue weighted by Crippen LogP contribution is 2.38. The maximum Gasteiger partial charge on any atom is 0.262 e. The third-order valence-corrected chi connectivity index (χ3v) is 6.84. The quantitative estimate of drug-likeness (QED) is 0.537. The van der Waals surface area contributed by atoms with Crippen molar-refractivity contribution in [1.82, 2.24) is 14.9 Å². The molecule has 2 aromatic heterocycles. The molecule has 2 amide bonds. The topological polar surface area (TPSA) is 103 Å². The number of benzene rings is 1. The van der Waals surface area contributed by atoms with Gasteiger partial charge in [0.1, 0.15) is 18.5 Å². The first-order chi connectivity index (χ1) is 17.6. The molecule has 0 bridgehead atoms. The number of ether oxygens (including phenoxy) is 4. The fourth-order valence-corrected chi connectivity index (χ4v) is 5.00. The molecule has 186 valence electrons. The Hall–Kier alpha value is -3.60. The number of fused-ring (bicyclic) bond motifs is 3. The second kappa shape index (κ2) is 9.45. The second-order valence-corrected chi connectivity index (χ2v) is 8.94. The molecular weight excluding hydrogens is 464 g/mol. The number of anilines is 1. The molecule has 0 aliphatic carbocycles. The Morgan fingerprint density at radius 2 is 1.86 bits per heavy atom. The lowest BCUT2D eigenvalue weighted by Crippen LogP contribution is -2.54. The van der Waals surface area contributed by atoms with E-state index in [0.717, 1.165) is 11.8 Å². The van der Waals surface area contributed by atoms with Crippen molar-refractivity contribution >= 4 is 28.7 Å². The minimum atomic E-state index is -0.792. The van der Waals surface area contributed by atoms with Gasteiger partial charge in [-0.25, -0.2) is 4.98 Å². The molecule has 2 saturated heterocycles. The molecule has 3 aliphatic rings. The van der Waals surface area contributed by atoms with Crippen LogP contribution >= 0.6 is 0 Å². The zero-order valence-electron chi connectivity index (χ0n) is 19.8. The van der Waals surface area contributed by atoms with Gasteiger partial charge in [0.15, 0.2) is 11.9 Å². The normalized spacial score (nSPS) is 23.5. The Bertz CT molecular complexity index is 1320. The first-order valence-corrected chi connectivity index (χ1v) is 12.0. The molecule has 36 heavy (non-hydrogen) atoms. The summed E-state index contributed by atoms with van der Waals surface area (Å²) in [6.07, 6.45) is -0.150. The van der Waals surface area contributed by atoms with E-state index in [1.54, 1.807) is 29.2 Å². The van der Waals surface area contributed by atoms with Gasteiger partial charge in [-0.1, -0.05) is 18.2 Å². The molecule has 3 atom stereocenters. The zero-order chi connectivity index (χ0) is 24.6. The van der Waals surface area contributed by atoms with E-state index < -0.39 is 6.23 Å². The van der Waals surface area contributed by atoms with E-state index in [-0.39, 0.29) is 30.6 Å². The van der Waals surface area contributed by atoms with Gasteiger partial charge >= 0.3 is 0 Å². The number of nitrogens with zero attached hydrogens (tertiary/aromatic N) is 4. The number of carbonyl (C=O) groups excluding carboxylic acids is 2. The number of rotatable bonds is 5. The largest absolute Gasteiger partial charge is 0.481 e. The SMILES string of the molecule is COc1ccc2ccc(N3C(=O)c4ccccc4C3OCC(=O)N3CCC4OCCOC4C3)nc2n1. The van der Waals surface area contributed by atoms with Crippen LogP contribution in [0.2, 0.25) is 0 Å². The van der Waals surface area contributed by atoms with Crippen LogP contribution in [0.4, 0.5) is 5.82 Å². The van der Waals surface area contributed by atoms with Crippen molar-refractivity contribution in [3.63, 3.8) is 0 Å². The van der Waals surface area contributed by atoms with E-state index in [0.29, 0.717) is 54.8 Å². The Morgan fingerprint density at radius 3 is 2.72 bits per heavy atom. The van der Waals surface area contributed by atoms with Gasteiger partial charge in [0, 0.05) is 35.7 Å². The molecule has 3 aliphatic heterocycles. The third-order valence-electron chi connectivity index (χ3n) is 6.84.